The Morgan fingerprint density at radius 2 is 1.00 bits per heavy atom. The summed E-state index contributed by atoms with van der Waals surface area (Å²) in [5.74, 6) is 0. The summed E-state index contributed by atoms with van der Waals surface area (Å²) in [7, 11) is -0.945. The van der Waals surface area contributed by atoms with Gasteiger partial charge >= 0.3 is 0 Å². The van der Waals surface area contributed by atoms with Gasteiger partial charge in [0.15, 0.2) is 0 Å². The topological polar surface area (TPSA) is 0 Å². The molecule has 0 aromatic heterocycles. The van der Waals surface area contributed by atoms with Crippen molar-refractivity contribution in [2.45, 2.75) is 103 Å². The van der Waals surface area contributed by atoms with Crippen molar-refractivity contribution in [3.05, 3.63) is 0 Å². The lowest BCUT2D eigenvalue weighted by molar-refractivity contribution is 0.704. The molecule has 0 aromatic carbocycles. The van der Waals surface area contributed by atoms with Crippen LogP contribution in [0.3, 0.4) is 0 Å². The summed E-state index contributed by atoms with van der Waals surface area (Å²) < 4.78 is 0. The minimum absolute atomic E-state index is 0.106. The Morgan fingerprint density at radius 3 is 1.22 bits per heavy atom. The van der Waals surface area contributed by atoms with Crippen molar-refractivity contribution in [1.29, 1.82) is 0 Å². The summed E-state index contributed by atoms with van der Waals surface area (Å²) in [6.07, 6.45) is 5.68. The maximum Gasteiger partial charge on any atom is 0.0488 e. The molecule has 0 amide bonds. The van der Waals surface area contributed by atoms with Crippen LogP contribution in [-0.4, -0.2) is 16.6 Å². The molecular weight excluding hydrogens is 248 g/mol. The van der Waals surface area contributed by atoms with Crippen molar-refractivity contribution in [3.63, 3.8) is 0 Å². The molecule has 0 spiro atoms. The first-order valence-electron chi connectivity index (χ1n) is 8.40. The second-order valence-corrected chi connectivity index (χ2v) is 18.6. The predicted molar refractivity (Wildman–Crippen MR) is 93.2 cm³/mol. The molecule has 0 heterocycles. The van der Waals surface area contributed by atoms with Crippen LogP contribution in [-0.2, 0) is 0 Å². The van der Waals surface area contributed by atoms with E-state index in [0.717, 1.165) is 22.2 Å². The van der Waals surface area contributed by atoms with Gasteiger partial charge in [0.2, 0.25) is 0 Å². The van der Waals surface area contributed by atoms with E-state index in [9.17, 15) is 0 Å². The highest BCUT2D eigenvalue weighted by atomic mass is 29.2. The molecule has 4 unspecified atom stereocenters. The van der Waals surface area contributed by atoms with Gasteiger partial charge in [0.25, 0.3) is 0 Å². The standard InChI is InChI=1S/C16H38Si2/c1-9-13(5)17-18(14(6)10-2,15(7)11-3)16(8)12-4/h13-16H,9-12,17H2,1-8H3. The summed E-state index contributed by atoms with van der Waals surface area (Å²) in [6.45, 7) is 20.0. The quantitative estimate of drug-likeness (QED) is 0.476. The average Bonchev–Trinajstić information content (AvgIpc) is 2.41. The predicted octanol–water partition coefficient (Wildman–Crippen LogP) is 5.72. The average molecular weight is 287 g/mol. The van der Waals surface area contributed by atoms with E-state index in [1.807, 2.05) is 0 Å². The molecule has 0 aromatic rings. The normalized spacial score (nSPS) is 22.7. The minimum atomic E-state index is -1.05. The van der Waals surface area contributed by atoms with Gasteiger partial charge in [-0.3, -0.25) is 0 Å². The molecule has 0 N–H and O–H groups in total. The third-order valence-electron chi connectivity index (χ3n) is 5.99. The Bertz CT molecular complexity index is 189. The molecule has 0 fully saturated rings. The highest BCUT2D eigenvalue weighted by Gasteiger charge is 2.46. The smallest absolute Gasteiger partial charge is 0.0488 e. The third-order valence-corrected chi connectivity index (χ3v) is 25.2. The summed E-state index contributed by atoms with van der Waals surface area (Å²) in [6, 6.07) is 0. The molecule has 18 heavy (non-hydrogen) atoms. The monoisotopic (exact) mass is 286 g/mol. The minimum Gasteiger partial charge on any atom is -0.0657 e. The van der Waals surface area contributed by atoms with Gasteiger partial charge in [-0.15, -0.1) is 0 Å². The van der Waals surface area contributed by atoms with E-state index in [2.05, 4.69) is 55.4 Å². The number of hydrogen-bond acceptors (Lipinski definition) is 0. The zero-order valence-electron chi connectivity index (χ0n) is 14.3. The first-order valence-corrected chi connectivity index (χ1v) is 13.8. The van der Waals surface area contributed by atoms with E-state index in [4.69, 9.17) is 0 Å². The molecule has 0 radical (unpaired) electrons. The number of hydrogen-bond donors (Lipinski definition) is 0. The summed E-state index contributed by atoms with van der Waals surface area (Å²) in [5.41, 5.74) is 4.20. The summed E-state index contributed by atoms with van der Waals surface area (Å²) >= 11 is 0. The summed E-state index contributed by atoms with van der Waals surface area (Å²) in [5, 5.41) is 0. The molecule has 110 valence electrons. The van der Waals surface area contributed by atoms with Crippen LogP contribution in [0.4, 0.5) is 0 Å². The lowest BCUT2D eigenvalue weighted by atomic mass is 10.3. The first kappa shape index (κ1) is 18.4. The second kappa shape index (κ2) is 8.57. The van der Waals surface area contributed by atoms with Gasteiger partial charge in [-0.2, -0.15) is 0 Å². The van der Waals surface area contributed by atoms with Crippen LogP contribution in [0.1, 0.15) is 81.1 Å². The van der Waals surface area contributed by atoms with Crippen molar-refractivity contribution in [2.24, 2.45) is 0 Å². The van der Waals surface area contributed by atoms with Crippen molar-refractivity contribution in [1.82, 2.24) is 0 Å². The van der Waals surface area contributed by atoms with E-state index in [-0.39, 0.29) is 9.04 Å². The molecule has 0 bridgehead atoms. The van der Waals surface area contributed by atoms with Gasteiger partial charge in [0, 0.05) is 16.6 Å². The van der Waals surface area contributed by atoms with Crippen molar-refractivity contribution < 1.29 is 0 Å². The van der Waals surface area contributed by atoms with E-state index in [1.165, 1.54) is 25.7 Å². The Hall–Kier alpha value is 0.434. The molecule has 0 aliphatic heterocycles. The number of rotatable bonds is 9. The fourth-order valence-corrected chi connectivity index (χ4v) is 22.6. The van der Waals surface area contributed by atoms with Gasteiger partial charge in [-0.05, 0) is 0 Å². The highest BCUT2D eigenvalue weighted by molar-refractivity contribution is 7.27. The molecule has 0 aliphatic carbocycles. The van der Waals surface area contributed by atoms with Crippen LogP contribution in [0.5, 0.6) is 0 Å². The van der Waals surface area contributed by atoms with Crippen LogP contribution in [0, 0.1) is 0 Å². The van der Waals surface area contributed by atoms with E-state index >= 15 is 0 Å². The molecule has 0 nitrogen and oxygen atoms in total. The van der Waals surface area contributed by atoms with Crippen molar-refractivity contribution in [2.75, 3.05) is 0 Å². The molecule has 0 saturated carbocycles. The molecule has 4 atom stereocenters. The molecule has 2 heteroatoms. The largest absolute Gasteiger partial charge is 0.0657 e. The fourth-order valence-electron chi connectivity index (χ4n) is 3.95. The van der Waals surface area contributed by atoms with Crippen LogP contribution in [0.15, 0.2) is 0 Å². The van der Waals surface area contributed by atoms with Crippen LogP contribution in [0.2, 0.25) is 22.2 Å². The lowest BCUT2D eigenvalue weighted by Gasteiger charge is -2.48. The lowest BCUT2D eigenvalue weighted by Crippen LogP contribution is -2.53. The van der Waals surface area contributed by atoms with Crippen LogP contribution in [0.25, 0.3) is 0 Å². The Balaban J connectivity index is 5.39. The zero-order chi connectivity index (χ0) is 14.3. The SMILES string of the molecule is CCC(C)[SiH2][Si](C(C)CC)(C(C)CC)C(C)CC. The molecule has 0 rings (SSSR count). The molecular formula is C16H38Si2. The molecule has 0 aliphatic rings. The van der Waals surface area contributed by atoms with E-state index in [0.29, 0.717) is 0 Å². The second-order valence-electron chi connectivity index (χ2n) is 6.76. The Morgan fingerprint density at radius 1 is 0.667 bits per heavy atom. The fraction of sp³-hybridized carbons (Fsp3) is 1.00. The van der Waals surface area contributed by atoms with Gasteiger partial charge < -0.3 is 0 Å². The van der Waals surface area contributed by atoms with E-state index in [1.54, 1.807) is 0 Å². The first-order chi connectivity index (χ1) is 8.40. The highest BCUT2D eigenvalue weighted by Crippen LogP contribution is 2.47. The molecule has 0 saturated heterocycles. The maximum absolute atomic E-state index is 2.60. The Labute approximate surface area is 120 Å². The van der Waals surface area contributed by atoms with E-state index < -0.39 is 7.59 Å². The van der Waals surface area contributed by atoms with Gasteiger partial charge in [0.1, 0.15) is 0 Å². The zero-order valence-corrected chi connectivity index (χ0v) is 16.8. The van der Waals surface area contributed by atoms with Gasteiger partial charge in [-0.1, -0.05) is 103 Å². The Kier molecular flexibility index (Phi) is 8.78. The van der Waals surface area contributed by atoms with Gasteiger partial charge in [-0.25, -0.2) is 0 Å². The van der Waals surface area contributed by atoms with Gasteiger partial charge in [0.05, 0.1) is 0 Å². The van der Waals surface area contributed by atoms with Crippen LogP contribution >= 0.6 is 0 Å². The van der Waals surface area contributed by atoms with Crippen molar-refractivity contribution in [3.8, 4) is 0 Å². The van der Waals surface area contributed by atoms with Crippen molar-refractivity contribution >= 4 is 16.6 Å². The third kappa shape index (κ3) is 3.96. The summed E-state index contributed by atoms with van der Waals surface area (Å²) in [4.78, 5) is 0. The van der Waals surface area contributed by atoms with Crippen LogP contribution < -0.4 is 0 Å². The maximum atomic E-state index is 2.60.